The van der Waals surface area contributed by atoms with Crippen LogP contribution in [0.5, 0.6) is 0 Å². The molecular formula is C16H20N2. The highest BCUT2D eigenvalue weighted by molar-refractivity contribution is 5.49. The lowest BCUT2D eigenvalue weighted by Crippen LogP contribution is -2.11. The minimum Gasteiger partial charge on any atom is -0.377 e. The van der Waals surface area contributed by atoms with E-state index in [1.807, 2.05) is 19.9 Å². The van der Waals surface area contributed by atoms with Gasteiger partial charge in [0.25, 0.3) is 0 Å². The molecule has 2 rings (SSSR count). The van der Waals surface area contributed by atoms with Gasteiger partial charge in [-0.25, -0.2) is 0 Å². The van der Waals surface area contributed by atoms with E-state index < -0.39 is 0 Å². The second kappa shape index (κ2) is 5.67. The molecule has 0 bridgehead atoms. The normalized spacial score (nSPS) is 12.2. The summed E-state index contributed by atoms with van der Waals surface area (Å²) in [4.78, 5) is 4.49. The van der Waals surface area contributed by atoms with Gasteiger partial charge in [0.15, 0.2) is 0 Å². The van der Waals surface area contributed by atoms with Crippen molar-refractivity contribution < 1.29 is 0 Å². The molecule has 0 fully saturated rings. The Morgan fingerprint density at radius 2 is 1.78 bits per heavy atom. The fourth-order valence-corrected chi connectivity index (χ4v) is 2.13. The first-order valence-electron chi connectivity index (χ1n) is 6.46. The van der Waals surface area contributed by atoms with Crippen LogP contribution in [0.25, 0.3) is 0 Å². The molecule has 0 saturated heterocycles. The van der Waals surface area contributed by atoms with Crippen LogP contribution in [0.4, 0.5) is 5.69 Å². The maximum absolute atomic E-state index is 4.49. The maximum atomic E-state index is 4.49. The Labute approximate surface area is 109 Å². The molecule has 1 unspecified atom stereocenters. The number of anilines is 1. The zero-order chi connectivity index (χ0) is 13.0. The Kier molecular flexibility index (Phi) is 3.98. The predicted octanol–water partition coefficient (Wildman–Crippen LogP) is 4.26. The SMILES string of the molecule is CCC(Nc1ccc(C)nc1C)c1ccccc1. The first-order chi connectivity index (χ1) is 8.70. The van der Waals surface area contributed by atoms with Gasteiger partial charge < -0.3 is 5.32 Å². The molecule has 2 nitrogen and oxygen atoms in total. The fourth-order valence-electron chi connectivity index (χ4n) is 2.13. The Bertz CT molecular complexity index is 506. The first-order valence-corrected chi connectivity index (χ1v) is 6.46. The lowest BCUT2D eigenvalue weighted by Gasteiger charge is -2.20. The van der Waals surface area contributed by atoms with Crippen LogP contribution >= 0.6 is 0 Å². The molecule has 1 aromatic heterocycles. The molecule has 1 N–H and O–H groups in total. The monoisotopic (exact) mass is 240 g/mol. The van der Waals surface area contributed by atoms with E-state index in [9.17, 15) is 0 Å². The summed E-state index contributed by atoms with van der Waals surface area (Å²) < 4.78 is 0. The van der Waals surface area contributed by atoms with E-state index in [0.29, 0.717) is 6.04 Å². The van der Waals surface area contributed by atoms with Gasteiger partial charge in [-0.3, -0.25) is 4.98 Å². The van der Waals surface area contributed by atoms with Crippen molar-refractivity contribution in [3.8, 4) is 0 Å². The van der Waals surface area contributed by atoms with Gasteiger partial charge in [-0.15, -0.1) is 0 Å². The van der Waals surface area contributed by atoms with Gasteiger partial charge in [-0.05, 0) is 38.0 Å². The zero-order valence-corrected chi connectivity index (χ0v) is 11.3. The minimum absolute atomic E-state index is 0.342. The van der Waals surface area contributed by atoms with Crippen LogP contribution in [0.3, 0.4) is 0 Å². The van der Waals surface area contributed by atoms with Crippen molar-refractivity contribution in [1.29, 1.82) is 0 Å². The number of hydrogen-bond donors (Lipinski definition) is 1. The van der Waals surface area contributed by atoms with Gasteiger partial charge >= 0.3 is 0 Å². The molecule has 0 aliphatic rings. The van der Waals surface area contributed by atoms with Gasteiger partial charge in [0.1, 0.15) is 0 Å². The number of benzene rings is 1. The van der Waals surface area contributed by atoms with Crippen molar-refractivity contribution in [2.45, 2.75) is 33.2 Å². The summed E-state index contributed by atoms with van der Waals surface area (Å²) in [6.45, 7) is 6.26. The third kappa shape index (κ3) is 2.89. The highest BCUT2D eigenvalue weighted by Gasteiger charge is 2.10. The topological polar surface area (TPSA) is 24.9 Å². The molecule has 0 saturated carbocycles. The first kappa shape index (κ1) is 12.6. The predicted molar refractivity (Wildman–Crippen MR) is 76.8 cm³/mol. The zero-order valence-electron chi connectivity index (χ0n) is 11.3. The van der Waals surface area contributed by atoms with Crippen LogP contribution in [0.1, 0.15) is 36.3 Å². The van der Waals surface area contributed by atoms with Crippen molar-refractivity contribution in [2.75, 3.05) is 5.32 Å². The van der Waals surface area contributed by atoms with Crippen LogP contribution in [-0.2, 0) is 0 Å². The molecule has 94 valence electrons. The van der Waals surface area contributed by atoms with E-state index in [1.54, 1.807) is 0 Å². The number of nitrogens with one attached hydrogen (secondary N) is 1. The molecule has 18 heavy (non-hydrogen) atoms. The van der Waals surface area contributed by atoms with E-state index in [0.717, 1.165) is 23.5 Å². The lowest BCUT2D eigenvalue weighted by molar-refractivity contribution is 0.747. The average Bonchev–Trinajstić information content (AvgIpc) is 2.39. The number of aryl methyl sites for hydroxylation is 2. The second-order valence-electron chi connectivity index (χ2n) is 4.60. The van der Waals surface area contributed by atoms with Crippen molar-refractivity contribution in [3.05, 3.63) is 59.4 Å². The van der Waals surface area contributed by atoms with Crippen LogP contribution < -0.4 is 5.32 Å². The minimum atomic E-state index is 0.342. The van der Waals surface area contributed by atoms with Crippen LogP contribution in [0, 0.1) is 13.8 Å². The molecule has 0 spiro atoms. The van der Waals surface area contributed by atoms with Crippen LogP contribution in [-0.4, -0.2) is 4.98 Å². The van der Waals surface area contributed by atoms with Crippen LogP contribution in [0.15, 0.2) is 42.5 Å². The number of rotatable bonds is 4. The summed E-state index contributed by atoms with van der Waals surface area (Å²) >= 11 is 0. The Hall–Kier alpha value is -1.83. The van der Waals surface area contributed by atoms with Gasteiger partial charge in [-0.2, -0.15) is 0 Å². The molecule has 0 amide bonds. The number of hydrogen-bond acceptors (Lipinski definition) is 2. The number of pyridine rings is 1. The summed E-state index contributed by atoms with van der Waals surface area (Å²) in [5.74, 6) is 0. The van der Waals surface area contributed by atoms with Gasteiger partial charge in [0.05, 0.1) is 17.4 Å². The smallest absolute Gasteiger partial charge is 0.0607 e. The lowest BCUT2D eigenvalue weighted by atomic mass is 10.0. The largest absolute Gasteiger partial charge is 0.377 e. The van der Waals surface area contributed by atoms with E-state index in [1.165, 1.54) is 5.56 Å². The molecule has 0 radical (unpaired) electrons. The molecule has 0 aliphatic heterocycles. The third-order valence-corrected chi connectivity index (χ3v) is 3.16. The standard InChI is InChI=1S/C16H20N2/c1-4-15(14-8-6-5-7-9-14)18-16-11-10-12(2)17-13(16)3/h5-11,15,18H,4H2,1-3H3. The molecule has 1 heterocycles. The van der Waals surface area contributed by atoms with Gasteiger partial charge in [0.2, 0.25) is 0 Å². The van der Waals surface area contributed by atoms with Crippen molar-refractivity contribution in [3.63, 3.8) is 0 Å². The molecule has 2 heteroatoms. The second-order valence-corrected chi connectivity index (χ2v) is 4.60. The quantitative estimate of drug-likeness (QED) is 0.863. The Morgan fingerprint density at radius 1 is 1.06 bits per heavy atom. The van der Waals surface area contributed by atoms with E-state index in [4.69, 9.17) is 0 Å². The molecule has 0 aliphatic carbocycles. The summed E-state index contributed by atoms with van der Waals surface area (Å²) in [5, 5.41) is 3.58. The summed E-state index contributed by atoms with van der Waals surface area (Å²) in [7, 11) is 0. The van der Waals surface area contributed by atoms with E-state index in [2.05, 4.69) is 53.6 Å². The number of aromatic nitrogens is 1. The molecule has 2 aromatic rings. The van der Waals surface area contributed by atoms with Crippen LogP contribution in [0.2, 0.25) is 0 Å². The van der Waals surface area contributed by atoms with Crippen molar-refractivity contribution >= 4 is 5.69 Å². The maximum Gasteiger partial charge on any atom is 0.0607 e. The Morgan fingerprint density at radius 3 is 2.39 bits per heavy atom. The fraction of sp³-hybridized carbons (Fsp3) is 0.312. The molecule has 1 atom stereocenters. The average molecular weight is 240 g/mol. The van der Waals surface area contributed by atoms with Gasteiger partial charge in [0, 0.05) is 5.69 Å². The van der Waals surface area contributed by atoms with Gasteiger partial charge in [-0.1, -0.05) is 37.3 Å². The highest BCUT2D eigenvalue weighted by Crippen LogP contribution is 2.23. The summed E-state index contributed by atoms with van der Waals surface area (Å²) in [5.41, 5.74) is 4.56. The van der Waals surface area contributed by atoms with E-state index >= 15 is 0 Å². The van der Waals surface area contributed by atoms with E-state index in [-0.39, 0.29) is 0 Å². The molecule has 1 aromatic carbocycles. The highest BCUT2D eigenvalue weighted by atomic mass is 14.9. The summed E-state index contributed by atoms with van der Waals surface area (Å²) in [6.07, 6.45) is 1.05. The van der Waals surface area contributed by atoms with Crippen molar-refractivity contribution in [2.24, 2.45) is 0 Å². The van der Waals surface area contributed by atoms with Crippen molar-refractivity contribution in [1.82, 2.24) is 4.98 Å². The third-order valence-electron chi connectivity index (χ3n) is 3.16. The summed E-state index contributed by atoms with van der Waals surface area (Å²) in [6, 6.07) is 15.1. The molecular weight excluding hydrogens is 220 g/mol. The number of nitrogens with zero attached hydrogens (tertiary/aromatic N) is 1. The Balaban J connectivity index is 2.21.